The molecule has 3 heterocycles. The van der Waals surface area contributed by atoms with Gasteiger partial charge < -0.3 is 14.6 Å². The molecule has 0 saturated carbocycles. The van der Waals surface area contributed by atoms with E-state index in [1.54, 1.807) is 0 Å². The Balaban J connectivity index is 1.74. The fraction of sp³-hybridized carbons (Fsp3) is 0.462. The number of fused-ring (bicyclic) bond motifs is 1. The number of piperidine rings is 1. The number of nitrogens with zero attached hydrogens (tertiary/aromatic N) is 2. The molecule has 3 rings (SSSR count). The number of aromatic hydroxyl groups is 1. The third kappa shape index (κ3) is 2.19. The maximum absolute atomic E-state index is 9.45. The summed E-state index contributed by atoms with van der Waals surface area (Å²) >= 11 is 0. The molecule has 0 radical (unpaired) electrons. The summed E-state index contributed by atoms with van der Waals surface area (Å²) in [7, 11) is 0. The first-order valence-corrected chi connectivity index (χ1v) is 6.19. The number of likely N-dealkylation sites (tertiary alicyclic amines) is 1. The van der Waals surface area contributed by atoms with E-state index < -0.39 is 0 Å². The molecule has 5 heteroatoms. The Morgan fingerprint density at radius 2 is 2.11 bits per heavy atom. The minimum Gasteiger partial charge on any atom is -0.480 e. The average Bonchev–Trinajstić information content (AvgIpc) is 2.74. The van der Waals surface area contributed by atoms with Crippen LogP contribution in [0.1, 0.15) is 18.5 Å². The summed E-state index contributed by atoms with van der Waals surface area (Å²) in [5.41, 5.74) is 1.64. The van der Waals surface area contributed by atoms with Gasteiger partial charge in [-0.3, -0.25) is 4.90 Å². The van der Waals surface area contributed by atoms with Crippen LogP contribution in [-0.4, -0.2) is 39.3 Å². The van der Waals surface area contributed by atoms with E-state index in [1.807, 2.05) is 12.1 Å². The average molecular weight is 248 g/mol. The van der Waals surface area contributed by atoms with Crippen molar-refractivity contribution in [3.05, 3.63) is 24.1 Å². The summed E-state index contributed by atoms with van der Waals surface area (Å²) in [6.45, 7) is 2.57. The van der Waals surface area contributed by atoms with Crippen LogP contribution < -0.4 is 0 Å². The van der Waals surface area contributed by atoms with Crippen molar-refractivity contribution in [2.24, 2.45) is 0 Å². The van der Waals surface area contributed by atoms with Gasteiger partial charge in [-0.25, -0.2) is 4.98 Å². The van der Waals surface area contributed by atoms with Crippen LogP contribution in [0.15, 0.2) is 22.8 Å². The molecule has 1 fully saturated rings. The summed E-state index contributed by atoms with van der Waals surface area (Å²) in [4.78, 5) is 6.73. The number of furan rings is 1. The minimum atomic E-state index is -0.150. The summed E-state index contributed by atoms with van der Waals surface area (Å²) in [6.07, 6.45) is 2.97. The standard InChI is InChI=1S/C13H16N2O3/c16-10-3-5-15(6-4-10)7-9-1-2-11-12(14-9)8-18-13(11)17/h1-2,8,10,16-17H,3-7H2. The highest BCUT2D eigenvalue weighted by Gasteiger charge is 2.17. The van der Waals surface area contributed by atoms with Crippen LogP contribution in [0.2, 0.25) is 0 Å². The molecule has 0 aromatic carbocycles. The lowest BCUT2D eigenvalue weighted by Gasteiger charge is -2.29. The summed E-state index contributed by atoms with van der Waals surface area (Å²) in [5, 5.41) is 19.5. The first kappa shape index (κ1) is 11.5. The normalized spacial score (nSPS) is 18.5. The Kier molecular flexibility index (Phi) is 2.93. The van der Waals surface area contributed by atoms with Crippen molar-refractivity contribution in [1.82, 2.24) is 9.88 Å². The summed E-state index contributed by atoms with van der Waals surface area (Å²) in [5.74, 6) is -0.0786. The van der Waals surface area contributed by atoms with Crippen molar-refractivity contribution in [2.45, 2.75) is 25.5 Å². The fourth-order valence-corrected chi connectivity index (χ4v) is 2.36. The van der Waals surface area contributed by atoms with Crippen molar-refractivity contribution < 1.29 is 14.6 Å². The number of rotatable bonds is 2. The molecule has 0 aliphatic carbocycles. The van der Waals surface area contributed by atoms with E-state index in [-0.39, 0.29) is 12.1 Å². The largest absolute Gasteiger partial charge is 0.480 e. The van der Waals surface area contributed by atoms with Crippen LogP contribution in [0.4, 0.5) is 0 Å². The quantitative estimate of drug-likeness (QED) is 0.842. The number of aliphatic hydroxyl groups excluding tert-OH is 1. The lowest BCUT2D eigenvalue weighted by atomic mass is 10.1. The van der Waals surface area contributed by atoms with Crippen LogP contribution in [0.5, 0.6) is 5.95 Å². The number of aliphatic hydroxyl groups is 1. The molecule has 1 aliphatic heterocycles. The monoisotopic (exact) mass is 248 g/mol. The van der Waals surface area contributed by atoms with Gasteiger partial charge in [0.2, 0.25) is 0 Å². The summed E-state index contributed by atoms with van der Waals surface area (Å²) in [6, 6.07) is 3.73. The Labute approximate surface area is 105 Å². The first-order valence-electron chi connectivity index (χ1n) is 6.19. The van der Waals surface area contributed by atoms with E-state index in [0.29, 0.717) is 10.9 Å². The Bertz CT molecular complexity index is 544. The second-order valence-electron chi connectivity index (χ2n) is 4.78. The molecule has 18 heavy (non-hydrogen) atoms. The third-order valence-corrected chi connectivity index (χ3v) is 3.44. The van der Waals surface area contributed by atoms with Gasteiger partial charge in [0.25, 0.3) is 5.95 Å². The molecule has 0 bridgehead atoms. The first-order chi connectivity index (χ1) is 8.72. The SMILES string of the molecule is Oc1occ2nc(CN3CCC(O)CC3)ccc12. The highest BCUT2D eigenvalue weighted by Crippen LogP contribution is 2.25. The van der Waals surface area contributed by atoms with E-state index >= 15 is 0 Å². The number of aromatic nitrogens is 1. The maximum atomic E-state index is 9.45. The van der Waals surface area contributed by atoms with Gasteiger partial charge >= 0.3 is 0 Å². The van der Waals surface area contributed by atoms with E-state index in [9.17, 15) is 10.2 Å². The van der Waals surface area contributed by atoms with E-state index in [4.69, 9.17) is 4.42 Å². The van der Waals surface area contributed by atoms with Crippen molar-refractivity contribution >= 4 is 10.9 Å². The van der Waals surface area contributed by atoms with Crippen molar-refractivity contribution in [1.29, 1.82) is 0 Å². The van der Waals surface area contributed by atoms with Gasteiger partial charge in [-0.05, 0) is 25.0 Å². The van der Waals surface area contributed by atoms with Crippen LogP contribution >= 0.6 is 0 Å². The molecule has 0 unspecified atom stereocenters. The fourth-order valence-electron chi connectivity index (χ4n) is 2.36. The molecular formula is C13H16N2O3. The lowest BCUT2D eigenvalue weighted by molar-refractivity contribution is 0.0787. The minimum absolute atomic E-state index is 0.0786. The van der Waals surface area contributed by atoms with Crippen molar-refractivity contribution in [3.8, 4) is 5.95 Å². The molecule has 2 N–H and O–H groups in total. The predicted octanol–water partition coefficient (Wildman–Crippen LogP) is 1.49. The zero-order chi connectivity index (χ0) is 12.5. The molecule has 0 amide bonds. The highest BCUT2D eigenvalue weighted by atomic mass is 16.5. The molecule has 1 aliphatic rings. The molecule has 2 aromatic heterocycles. The number of hydrogen-bond donors (Lipinski definition) is 2. The zero-order valence-corrected chi connectivity index (χ0v) is 10.0. The lowest BCUT2D eigenvalue weighted by Crippen LogP contribution is -2.35. The number of pyridine rings is 1. The van der Waals surface area contributed by atoms with Crippen molar-refractivity contribution in [3.63, 3.8) is 0 Å². The Morgan fingerprint density at radius 3 is 2.89 bits per heavy atom. The molecule has 0 spiro atoms. The molecular weight excluding hydrogens is 232 g/mol. The Morgan fingerprint density at radius 1 is 1.33 bits per heavy atom. The molecule has 0 atom stereocenters. The highest BCUT2D eigenvalue weighted by molar-refractivity contribution is 5.82. The second-order valence-corrected chi connectivity index (χ2v) is 4.78. The van der Waals surface area contributed by atoms with E-state index in [1.165, 1.54) is 6.26 Å². The van der Waals surface area contributed by atoms with E-state index in [0.717, 1.165) is 38.2 Å². The topological polar surface area (TPSA) is 69.7 Å². The van der Waals surface area contributed by atoms with Gasteiger partial charge in [0.05, 0.1) is 17.2 Å². The third-order valence-electron chi connectivity index (χ3n) is 3.44. The maximum Gasteiger partial charge on any atom is 0.291 e. The van der Waals surface area contributed by atoms with Gasteiger partial charge in [-0.2, -0.15) is 0 Å². The zero-order valence-electron chi connectivity index (χ0n) is 10.0. The predicted molar refractivity (Wildman–Crippen MR) is 66.2 cm³/mol. The van der Waals surface area contributed by atoms with Gasteiger partial charge in [-0.15, -0.1) is 0 Å². The number of hydrogen-bond acceptors (Lipinski definition) is 5. The van der Waals surface area contributed by atoms with Gasteiger partial charge in [0.1, 0.15) is 11.8 Å². The van der Waals surface area contributed by atoms with Gasteiger partial charge in [0.15, 0.2) is 0 Å². The van der Waals surface area contributed by atoms with Gasteiger partial charge in [0, 0.05) is 19.6 Å². The van der Waals surface area contributed by atoms with Crippen LogP contribution in [-0.2, 0) is 6.54 Å². The van der Waals surface area contributed by atoms with Gasteiger partial charge in [-0.1, -0.05) is 0 Å². The van der Waals surface area contributed by atoms with E-state index in [2.05, 4.69) is 9.88 Å². The second kappa shape index (κ2) is 4.59. The molecule has 5 nitrogen and oxygen atoms in total. The summed E-state index contributed by atoms with van der Waals surface area (Å²) < 4.78 is 4.92. The van der Waals surface area contributed by atoms with Crippen LogP contribution in [0.3, 0.4) is 0 Å². The molecule has 1 saturated heterocycles. The molecule has 2 aromatic rings. The van der Waals surface area contributed by atoms with Crippen LogP contribution in [0.25, 0.3) is 10.9 Å². The van der Waals surface area contributed by atoms with Crippen molar-refractivity contribution in [2.75, 3.05) is 13.1 Å². The Hall–Kier alpha value is -1.59. The van der Waals surface area contributed by atoms with Crippen LogP contribution in [0, 0.1) is 0 Å². The smallest absolute Gasteiger partial charge is 0.291 e. The molecule has 96 valence electrons.